The molecule has 0 saturated heterocycles. The lowest BCUT2D eigenvalue weighted by atomic mass is 10.1. The first kappa shape index (κ1) is 19.1. The van der Waals surface area contributed by atoms with Gasteiger partial charge in [0.15, 0.2) is 5.96 Å². The first-order valence-corrected chi connectivity index (χ1v) is 7.12. The summed E-state index contributed by atoms with van der Waals surface area (Å²) in [5.41, 5.74) is 7.91. The van der Waals surface area contributed by atoms with Gasteiger partial charge in [0.25, 0.3) is 0 Å². The minimum atomic E-state index is 0. The molecule has 6 nitrogen and oxygen atoms in total. The predicted molar refractivity (Wildman–Crippen MR) is 102 cm³/mol. The van der Waals surface area contributed by atoms with Crippen LogP contribution in [0.15, 0.2) is 41.5 Å². The number of benzene rings is 1. The monoisotopic (exact) mass is 427 g/mol. The highest BCUT2D eigenvalue weighted by Gasteiger charge is 1.98. The Kier molecular flexibility index (Phi) is 8.31. The molecule has 0 atom stereocenters. The number of nitrogens with zero attached hydrogens (tertiary/aromatic N) is 3. The highest BCUT2D eigenvalue weighted by Crippen LogP contribution is 2.11. The Bertz CT molecular complexity index is 631. The predicted octanol–water partition coefficient (Wildman–Crippen LogP) is 2.06. The van der Waals surface area contributed by atoms with Crippen LogP contribution in [0.3, 0.4) is 0 Å². The third-order valence-electron chi connectivity index (χ3n) is 3.12. The minimum Gasteiger partial charge on any atom is -0.497 e. The molecule has 0 spiro atoms. The van der Waals surface area contributed by atoms with E-state index in [1.54, 1.807) is 13.3 Å². The Morgan fingerprint density at radius 3 is 2.65 bits per heavy atom. The van der Waals surface area contributed by atoms with Crippen LogP contribution in [-0.2, 0) is 13.0 Å². The van der Waals surface area contributed by atoms with E-state index in [0.29, 0.717) is 12.5 Å². The van der Waals surface area contributed by atoms with E-state index in [2.05, 4.69) is 20.3 Å². The van der Waals surface area contributed by atoms with Crippen LogP contribution in [0.25, 0.3) is 0 Å². The second-order valence-corrected chi connectivity index (χ2v) is 4.82. The summed E-state index contributed by atoms with van der Waals surface area (Å²) < 4.78 is 5.13. The van der Waals surface area contributed by atoms with Crippen molar-refractivity contribution in [2.75, 3.05) is 13.7 Å². The summed E-state index contributed by atoms with van der Waals surface area (Å²) in [5, 5.41) is 3.10. The van der Waals surface area contributed by atoms with E-state index in [0.717, 1.165) is 30.2 Å². The SMILES string of the molecule is COc1ccc(CCNC(N)=NCc2ccnc(C)n2)cc1.I. The molecule has 1 aromatic carbocycles. The van der Waals surface area contributed by atoms with Crippen molar-refractivity contribution in [3.05, 3.63) is 53.6 Å². The Morgan fingerprint density at radius 2 is 2.00 bits per heavy atom. The maximum atomic E-state index is 5.84. The van der Waals surface area contributed by atoms with Gasteiger partial charge in [0.2, 0.25) is 0 Å². The maximum Gasteiger partial charge on any atom is 0.188 e. The van der Waals surface area contributed by atoms with Crippen molar-refractivity contribution < 1.29 is 4.74 Å². The number of rotatable bonds is 6. The molecule has 0 fully saturated rings. The van der Waals surface area contributed by atoms with Gasteiger partial charge in [-0.1, -0.05) is 12.1 Å². The number of guanidine groups is 1. The number of aryl methyl sites for hydroxylation is 1. The van der Waals surface area contributed by atoms with Gasteiger partial charge in [-0.05, 0) is 37.1 Å². The van der Waals surface area contributed by atoms with E-state index in [4.69, 9.17) is 10.5 Å². The summed E-state index contributed by atoms with van der Waals surface area (Å²) in [5.74, 6) is 2.02. The second kappa shape index (κ2) is 9.98. The third kappa shape index (κ3) is 6.81. The molecule has 23 heavy (non-hydrogen) atoms. The first-order chi connectivity index (χ1) is 10.7. The van der Waals surface area contributed by atoms with E-state index in [-0.39, 0.29) is 24.0 Å². The molecule has 3 N–H and O–H groups in total. The van der Waals surface area contributed by atoms with E-state index < -0.39 is 0 Å². The molecule has 2 aromatic rings. The fourth-order valence-electron chi connectivity index (χ4n) is 1.94. The molecule has 0 unspecified atom stereocenters. The van der Waals surface area contributed by atoms with Gasteiger partial charge in [-0.15, -0.1) is 24.0 Å². The molecule has 124 valence electrons. The van der Waals surface area contributed by atoms with Crippen LogP contribution < -0.4 is 15.8 Å². The van der Waals surface area contributed by atoms with Gasteiger partial charge in [-0.25, -0.2) is 15.0 Å². The van der Waals surface area contributed by atoms with Crippen molar-refractivity contribution in [1.82, 2.24) is 15.3 Å². The summed E-state index contributed by atoms with van der Waals surface area (Å²) in [7, 11) is 1.66. The van der Waals surface area contributed by atoms with Crippen molar-refractivity contribution >= 4 is 29.9 Å². The van der Waals surface area contributed by atoms with Gasteiger partial charge < -0.3 is 15.8 Å². The van der Waals surface area contributed by atoms with E-state index in [1.165, 1.54) is 5.56 Å². The molecule has 0 amide bonds. The van der Waals surface area contributed by atoms with Gasteiger partial charge in [-0.3, -0.25) is 0 Å². The average molecular weight is 427 g/mol. The van der Waals surface area contributed by atoms with Crippen LogP contribution >= 0.6 is 24.0 Å². The van der Waals surface area contributed by atoms with Gasteiger partial charge in [0.05, 0.1) is 19.3 Å². The fraction of sp³-hybridized carbons (Fsp3) is 0.312. The number of methoxy groups -OCH3 is 1. The zero-order valence-electron chi connectivity index (χ0n) is 13.3. The lowest BCUT2D eigenvalue weighted by Crippen LogP contribution is -2.33. The molecular formula is C16H22IN5O. The average Bonchev–Trinajstić information content (AvgIpc) is 2.54. The summed E-state index contributed by atoms with van der Waals surface area (Å²) in [4.78, 5) is 12.6. The zero-order chi connectivity index (χ0) is 15.8. The minimum absolute atomic E-state index is 0. The van der Waals surface area contributed by atoms with Crippen LogP contribution in [0.4, 0.5) is 0 Å². The van der Waals surface area contributed by atoms with Crippen LogP contribution in [0.1, 0.15) is 17.1 Å². The lowest BCUT2D eigenvalue weighted by Gasteiger charge is -2.06. The molecular weight excluding hydrogens is 405 g/mol. The Labute approximate surface area is 153 Å². The Hall–Kier alpha value is -1.90. The summed E-state index contributed by atoms with van der Waals surface area (Å²) in [6.07, 6.45) is 2.59. The number of ether oxygens (including phenoxy) is 1. The van der Waals surface area contributed by atoms with E-state index in [1.807, 2.05) is 37.3 Å². The molecule has 0 radical (unpaired) electrons. The molecule has 0 aliphatic heterocycles. The van der Waals surface area contributed by atoms with Gasteiger partial charge in [-0.2, -0.15) is 0 Å². The molecule has 0 aliphatic rings. The molecule has 2 rings (SSSR count). The van der Waals surface area contributed by atoms with Crippen LogP contribution in [0.5, 0.6) is 5.75 Å². The second-order valence-electron chi connectivity index (χ2n) is 4.82. The molecule has 0 saturated carbocycles. The summed E-state index contributed by atoms with van der Waals surface area (Å²) >= 11 is 0. The van der Waals surface area contributed by atoms with Crippen molar-refractivity contribution in [1.29, 1.82) is 0 Å². The molecule has 0 bridgehead atoms. The Balaban J connectivity index is 0.00000264. The molecule has 0 aliphatic carbocycles. The highest BCUT2D eigenvalue weighted by atomic mass is 127. The number of hydrogen-bond donors (Lipinski definition) is 2. The van der Waals surface area contributed by atoms with Crippen molar-refractivity contribution in [2.24, 2.45) is 10.7 Å². The van der Waals surface area contributed by atoms with Gasteiger partial charge in [0.1, 0.15) is 11.6 Å². The van der Waals surface area contributed by atoms with E-state index >= 15 is 0 Å². The quantitative estimate of drug-likeness (QED) is 0.419. The standard InChI is InChI=1S/C16H21N5O.HI/c1-12-18-10-8-14(21-12)11-20-16(17)19-9-7-13-3-5-15(22-2)6-4-13;/h3-6,8,10H,7,9,11H2,1-2H3,(H3,17,19,20);1H. The van der Waals surface area contributed by atoms with Crippen molar-refractivity contribution in [3.8, 4) is 5.75 Å². The number of aliphatic imine (C=N–C) groups is 1. The van der Waals surface area contributed by atoms with Gasteiger partial charge in [0, 0.05) is 12.7 Å². The number of aromatic nitrogens is 2. The first-order valence-electron chi connectivity index (χ1n) is 7.12. The Morgan fingerprint density at radius 1 is 1.26 bits per heavy atom. The molecule has 1 aromatic heterocycles. The van der Waals surface area contributed by atoms with Crippen molar-refractivity contribution in [2.45, 2.75) is 19.9 Å². The largest absolute Gasteiger partial charge is 0.497 e. The summed E-state index contributed by atoms with van der Waals surface area (Å²) in [6, 6.07) is 9.81. The number of halogens is 1. The third-order valence-corrected chi connectivity index (χ3v) is 3.12. The van der Waals surface area contributed by atoms with Crippen molar-refractivity contribution in [3.63, 3.8) is 0 Å². The number of nitrogens with two attached hydrogens (primary N) is 1. The summed E-state index contributed by atoms with van der Waals surface area (Å²) in [6.45, 7) is 3.03. The molecule has 1 heterocycles. The maximum absolute atomic E-state index is 5.84. The highest BCUT2D eigenvalue weighted by molar-refractivity contribution is 14.0. The smallest absolute Gasteiger partial charge is 0.188 e. The van der Waals surface area contributed by atoms with Crippen LogP contribution in [0, 0.1) is 6.92 Å². The number of hydrogen-bond acceptors (Lipinski definition) is 4. The normalized spacial score (nSPS) is 10.8. The zero-order valence-corrected chi connectivity index (χ0v) is 15.7. The fourth-order valence-corrected chi connectivity index (χ4v) is 1.94. The van der Waals surface area contributed by atoms with E-state index in [9.17, 15) is 0 Å². The molecule has 7 heteroatoms. The van der Waals surface area contributed by atoms with Crippen LogP contribution in [-0.4, -0.2) is 29.6 Å². The topological polar surface area (TPSA) is 85.4 Å². The number of nitrogens with one attached hydrogen (secondary N) is 1. The van der Waals surface area contributed by atoms with Crippen LogP contribution in [0.2, 0.25) is 0 Å². The van der Waals surface area contributed by atoms with Gasteiger partial charge >= 0.3 is 0 Å². The lowest BCUT2D eigenvalue weighted by molar-refractivity contribution is 0.414.